The van der Waals surface area contributed by atoms with Crippen molar-refractivity contribution in [2.75, 3.05) is 23.3 Å². The number of benzene rings is 1. The number of nitrogens with one attached hydrogen (secondary N) is 2. The monoisotopic (exact) mass is 397 g/mol. The Hall–Kier alpha value is -2.67. The Labute approximate surface area is 170 Å². The maximum absolute atomic E-state index is 13.3. The van der Waals surface area contributed by atoms with Crippen molar-refractivity contribution in [2.24, 2.45) is 17.8 Å². The molecule has 7 nitrogen and oxygen atoms in total. The summed E-state index contributed by atoms with van der Waals surface area (Å²) in [6, 6.07) is 7.13. The molecule has 1 spiro atoms. The molecule has 3 amide bonds. The first kappa shape index (κ1) is 19.6. The van der Waals surface area contributed by atoms with E-state index < -0.39 is 17.4 Å². The molecule has 0 aromatic heterocycles. The highest BCUT2D eigenvalue weighted by atomic mass is 16.5. The molecule has 29 heavy (non-hydrogen) atoms. The van der Waals surface area contributed by atoms with Gasteiger partial charge in [0.2, 0.25) is 17.7 Å². The molecular weight excluding hydrogens is 370 g/mol. The third-order valence-corrected chi connectivity index (χ3v) is 5.92. The van der Waals surface area contributed by atoms with Crippen LogP contribution in [0, 0.1) is 17.8 Å². The Kier molecular flexibility index (Phi) is 4.94. The van der Waals surface area contributed by atoms with Gasteiger partial charge < -0.3 is 20.3 Å². The van der Waals surface area contributed by atoms with E-state index in [-0.39, 0.29) is 23.8 Å². The van der Waals surface area contributed by atoms with Gasteiger partial charge in [0.1, 0.15) is 5.60 Å². The van der Waals surface area contributed by atoms with Crippen molar-refractivity contribution in [2.45, 2.75) is 38.9 Å². The first-order chi connectivity index (χ1) is 13.8. The smallest absolute Gasteiger partial charge is 0.234 e. The number of anilines is 2. The Morgan fingerprint density at radius 1 is 1.28 bits per heavy atom. The number of ether oxygens (including phenoxy) is 1. The van der Waals surface area contributed by atoms with Crippen molar-refractivity contribution in [1.82, 2.24) is 5.32 Å². The van der Waals surface area contributed by atoms with Gasteiger partial charge in [-0.3, -0.25) is 14.4 Å². The van der Waals surface area contributed by atoms with E-state index >= 15 is 0 Å². The SMILES string of the molecule is CC(=O)Nc1ccc(N2CC34C=C[C@@H](O3)C(C(=O)NCCC(C)C)C4C2=O)cc1. The lowest BCUT2D eigenvalue weighted by molar-refractivity contribution is -0.131. The topological polar surface area (TPSA) is 87.7 Å². The second-order valence-electron chi connectivity index (χ2n) is 8.53. The molecule has 2 saturated heterocycles. The van der Waals surface area contributed by atoms with Crippen LogP contribution in [0.4, 0.5) is 11.4 Å². The summed E-state index contributed by atoms with van der Waals surface area (Å²) in [5, 5.41) is 5.70. The van der Waals surface area contributed by atoms with E-state index in [1.54, 1.807) is 29.2 Å². The average molecular weight is 397 g/mol. The van der Waals surface area contributed by atoms with Gasteiger partial charge in [-0.05, 0) is 36.6 Å². The Bertz CT molecular complexity index is 863. The quantitative estimate of drug-likeness (QED) is 0.720. The molecule has 4 atom stereocenters. The van der Waals surface area contributed by atoms with Crippen LogP contribution in [0.1, 0.15) is 27.2 Å². The van der Waals surface area contributed by atoms with Crippen molar-refractivity contribution >= 4 is 29.1 Å². The molecule has 2 bridgehead atoms. The van der Waals surface area contributed by atoms with Crippen LogP contribution in [0.2, 0.25) is 0 Å². The van der Waals surface area contributed by atoms with Crippen LogP contribution in [0.25, 0.3) is 0 Å². The molecule has 7 heteroatoms. The molecule has 0 aliphatic carbocycles. The predicted octanol–water partition coefficient (Wildman–Crippen LogP) is 2.09. The zero-order chi connectivity index (χ0) is 20.8. The fraction of sp³-hybridized carbons (Fsp3) is 0.500. The Balaban J connectivity index is 1.52. The molecule has 3 aliphatic heterocycles. The van der Waals surface area contributed by atoms with Gasteiger partial charge in [-0.2, -0.15) is 0 Å². The number of carbonyl (C=O) groups excluding carboxylic acids is 3. The van der Waals surface area contributed by atoms with E-state index in [1.807, 2.05) is 12.2 Å². The summed E-state index contributed by atoms with van der Waals surface area (Å²) in [5.41, 5.74) is 0.663. The molecular formula is C22H27N3O4. The van der Waals surface area contributed by atoms with Crippen molar-refractivity contribution < 1.29 is 19.1 Å². The normalized spacial score (nSPS) is 29.4. The molecule has 3 aliphatic rings. The second kappa shape index (κ2) is 7.30. The van der Waals surface area contributed by atoms with E-state index in [2.05, 4.69) is 24.5 Å². The van der Waals surface area contributed by atoms with Gasteiger partial charge in [0, 0.05) is 24.8 Å². The predicted molar refractivity (Wildman–Crippen MR) is 109 cm³/mol. The number of fused-ring (bicyclic) bond motifs is 1. The van der Waals surface area contributed by atoms with Crippen molar-refractivity contribution in [1.29, 1.82) is 0 Å². The molecule has 154 valence electrons. The Morgan fingerprint density at radius 2 is 2.00 bits per heavy atom. The molecule has 4 rings (SSSR count). The van der Waals surface area contributed by atoms with Gasteiger partial charge in [0.05, 0.1) is 24.5 Å². The molecule has 0 radical (unpaired) electrons. The lowest BCUT2D eigenvalue weighted by Crippen LogP contribution is -2.44. The van der Waals surface area contributed by atoms with Gasteiger partial charge in [-0.15, -0.1) is 0 Å². The van der Waals surface area contributed by atoms with Crippen molar-refractivity contribution in [3.63, 3.8) is 0 Å². The summed E-state index contributed by atoms with van der Waals surface area (Å²) >= 11 is 0. The highest BCUT2D eigenvalue weighted by Crippen LogP contribution is 2.52. The third-order valence-electron chi connectivity index (χ3n) is 5.92. The van der Waals surface area contributed by atoms with Crippen LogP contribution in [-0.2, 0) is 19.1 Å². The number of carbonyl (C=O) groups is 3. The molecule has 2 N–H and O–H groups in total. The molecule has 0 saturated carbocycles. The van der Waals surface area contributed by atoms with Crippen molar-refractivity contribution in [3.8, 4) is 0 Å². The number of rotatable bonds is 6. The molecule has 2 fully saturated rings. The van der Waals surface area contributed by atoms with Crippen LogP contribution in [0.15, 0.2) is 36.4 Å². The lowest BCUT2D eigenvalue weighted by atomic mass is 9.77. The molecule has 1 aromatic rings. The number of hydrogen-bond donors (Lipinski definition) is 2. The van der Waals surface area contributed by atoms with E-state index in [4.69, 9.17) is 4.74 Å². The largest absolute Gasteiger partial charge is 0.360 e. The zero-order valence-corrected chi connectivity index (χ0v) is 17.0. The zero-order valence-electron chi connectivity index (χ0n) is 17.0. The van der Waals surface area contributed by atoms with Crippen LogP contribution < -0.4 is 15.5 Å². The van der Waals surface area contributed by atoms with Gasteiger partial charge >= 0.3 is 0 Å². The van der Waals surface area contributed by atoms with Crippen LogP contribution in [-0.4, -0.2) is 42.5 Å². The summed E-state index contributed by atoms with van der Waals surface area (Å²) in [5.74, 6) is -0.849. The van der Waals surface area contributed by atoms with Crippen LogP contribution >= 0.6 is 0 Å². The van der Waals surface area contributed by atoms with E-state index in [0.29, 0.717) is 24.7 Å². The fourth-order valence-electron chi connectivity index (χ4n) is 4.55. The van der Waals surface area contributed by atoms with Gasteiger partial charge in [-0.1, -0.05) is 26.0 Å². The summed E-state index contributed by atoms with van der Waals surface area (Å²) in [7, 11) is 0. The minimum Gasteiger partial charge on any atom is -0.360 e. The van der Waals surface area contributed by atoms with E-state index in [1.165, 1.54) is 6.92 Å². The Morgan fingerprint density at radius 3 is 2.66 bits per heavy atom. The summed E-state index contributed by atoms with van der Waals surface area (Å²) in [6.45, 7) is 6.66. The van der Waals surface area contributed by atoms with Crippen molar-refractivity contribution in [3.05, 3.63) is 36.4 Å². The molecule has 3 unspecified atom stereocenters. The highest BCUT2D eigenvalue weighted by molar-refractivity contribution is 6.03. The average Bonchev–Trinajstić information content (AvgIpc) is 3.30. The van der Waals surface area contributed by atoms with Crippen LogP contribution in [0.3, 0.4) is 0 Å². The maximum atomic E-state index is 13.3. The standard InChI is InChI=1S/C22H27N3O4/c1-13(2)9-11-23-20(27)18-17-8-10-22(29-17)12-25(21(28)19(18)22)16-6-4-15(5-7-16)24-14(3)26/h4-8,10,13,17-19H,9,11-12H2,1-3H3,(H,23,27)(H,24,26)/t17-,18?,19?,22?/m1/s1. The number of nitrogens with zero attached hydrogens (tertiary/aromatic N) is 1. The summed E-state index contributed by atoms with van der Waals surface area (Å²) in [6.07, 6.45) is 4.42. The second-order valence-corrected chi connectivity index (χ2v) is 8.53. The highest BCUT2D eigenvalue weighted by Gasteiger charge is 2.67. The minimum atomic E-state index is -0.738. The van der Waals surface area contributed by atoms with E-state index in [9.17, 15) is 14.4 Å². The van der Waals surface area contributed by atoms with Crippen LogP contribution in [0.5, 0.6) is 0 Å². The molecule has 3 heterocycles. The maximum Gasteiger partial charge on any atom is 0.234 e. The third kappa shape index (κ3) is 3.44. The lowest BCUT2D eigenvalue weighted by Gasteiger charge is -2.23. The summed E-state index contributed by atoms with van der Waals surface area (Å²) < 4.78 is 6.15. The minimum absolute atomic E-state index is 0.0897. The number of hydrogen-bond acceptors (Lipinski definition) is 4. The van der Waals surface area contributed by atoms with Gasteiger partial charge in [0.15, 0.2) is 0 Å². The fourth-order valence-corrected chi connectivity index (χ4v) is 4.55. The number of amides is 3. The van der Waals surface area contributed by atoms with Gasteiger partial charge in [-0.25, -0.2) is 0 Å². The molecule has 1 aromatic carbocycles. The van der Waals surface area contributed by atoms with Gasteiger partial charge in [0.25, 0.3) is 0 Å². The summed E-state index contributed by atoms with van der Waals surface area (Å²) in [4.78, 5) is 39.0. The van der Waals surface area contributed by atoms with E-state index in [0.717, 1.165) is 12.1 Å². The first-order valence-electron chi connectivity index (χ1n) is 10.1. The first-order valence-corrected chi connectivity index (χ1v) is 10.1.